The highest BCUT2D eigenvalue weighted by molar-refractivity contribution is 8.01. The van der Waals surface area contributed by atoms with Crippen LogP contribution in [0.2, 0.25) is 0 Å². The van der Waals surface area contributed by atoms with Gasteiger partial charge in [-0.2, -0.15) is 0 Å². The van der Waals surface area contributed by atoms with Gasteiger partial charge in [0.15, 0.2) is 0 Å². The number of carbonyl (C=O) groups is 3. The predicted octanol–water partition coefficient (Wildman–Crippen LogP) is 0.228. The van der Waals surface area contributed by atoms with Crippen molar-refractivity contribution < 1.29 is 19.5 Å². The van der Waals surface area contributed by atoms with E-state index in [9.17, 15) is 19.5 Å². The quantitative estimate of drug-likeness (QED) is 0.396. The van der Waals surface area contributed by atoms with Crippen LogP contribution in [0.4, 0.5) is 0 Å². The van der Waals surface area contributed by atoms with E-state index in [2.05, 4.69) is 25.8 Å². The van der Waals surface area contributed by atoms with Gasteiger partial charge < -0.3 is 10.4 Å². The van der Waals surface area contributed by atoms with E-state index in [-0.39, 0.29) is 17.4 Å². The van der Waals surface area contributed by atoms with Crippen LogP contribution in [0.3, 0.4) is 0 Å². The number of tetrazole rings is 1. The second kappa shape index (κ2) is 9.28. The van der Waals surface area contributed by atoms with E-state index < -0.39 is 23.3 Å². The average molecular weight is 480 g/mol. The molecule has 14 heteroatoms. The number of β-lactam (4-membered cyclic amide) rings is 1. The number of rotatable bonds is 8. The molecule has 0 bridgehead atoms. The Labute approximate surface area is 189 Å². The van der Waals surface area contributed by atoms with Gasteiger partial charge in [0.25, 0.3) is 5.91 Å². The first kappa shape index (κ1) is 21.6. The molecule has 2 aliphatic heterocycles. The lowest BCUT2D eigenvalue weighted by Crippen LogP contribution is -2.70. The summed E-state index contributed by atoms with van der Waals surface area (Å²) in [5.41, 5.74) is 0.598. The summed E-state index contributed by atoms with van der Waals surface area (Å²) < 4.78 is 1.49. The van der Waals surface area contributed by atoms with Crippen molar-refractivity contribution >= 4 is 53.1 Å². The maximum absolute atomic E-state index is 12.7. The van der Waals surface area contributed by atoms with Crippen molar-refractivity contribution in [3.05, 3.63) is 35.8 Å². The number of thioether (sulfide) groups is 3. The number of aliphatic carboxylic acids is 1. The molecule has 0 aromatic carbocycles. The number of amides is 2. The fraction of sp³-hybridized carbons (Fsp3) is 0.353. The van der Waals surface area contributed by atoms with Crippen LogP contribution in [0.15, 0.2) is 45.8 Å². The maximum atomic E-state index is 12.7. The second-order valence-electron chi connectivity index (χ2n) is 6.56. The minimum Gasteiger partial charge on any atom is -0.477 e. The zero-order valence-corrected chi connectivity index (χ0v) is 18.6. The Balaban J connectivity index is 1.39. The molecule has 2 N–H and O–H groups in total. The van der Waals surface area contributed by atoms with E-state index in [0.717, 1.165) is 4.90 Å². The van der Waals surface area contributed by atoms with Crippen LogP contribution in [0, 0.1) is 0 Å². The number of nitrogens with zero attached hydrogens (tertiary/aromatic N) is 6. The molecule has 4 heterocycles. The van der Waals surface area contributed by atoms with Crippen molar-refractivity contribution in [3.8, 4) is 0 Å². The molecule has 1 saturated heterocycles. The van der Waals surface area contributed by atoms with Gasteiger partial charge in [0.05, 0.1) is 5.75 Å². The highest BCUT2D eigenvalue weighted by atomic mass is 32.2. The van der Waals surface area contributed by atoms with Gasteiger partial charge in [0.2, 0.25) is 11.1 Å². The van der Waals surface area contributed by atoms with E-state index in [4.69, 9.17) is 0 Å². The van der Waals surface area contributed by atoms with Gasteiger partial charge in [0.1, 0.15) is 17.1 Å². The topological polar surface area (TPSA) is 143 Å². The predicted molar refractivity (Wildman–Crippen MR) is 114 cm³/mol. The Morgan fingerprint density at radius 3 is 2.77 bits per heavy atom. The van der Waals surface area contributed by atoms with Crippen molar-refractivity contribution in [1.29, 1.82) is 0 Å². The molecule has 4 rings (SSSR count). The van der Waals surface area contributed by atoms with Crippen LogP contribution in [0.5, 0.6) is 0 Å². The zero-order chi connectivity index (χ0) is 22.0. The van der Waals surface area contributed by atoms with Crippen molar-refractivity contribution in [3.63, 3.8) is 0 Å². The Morgan fingerprint density at radius 1 is 1.32 bits per heavy atom. The number of carboxylic acids is 1. The minimum absolute atomic E-state index is 0.0203. The molecule has 2 amide bonds. The van der Waals surface area contributed by atoms with Gasteiger partial charge in [-0.25, -0.2) is 9.48 Å². The highest BCUT2D eigenvalue weighted by Crippen LogP contribution is 2.41. The molecular weight excluding hydrogens is 462 g/mol. The number of aryl methyl sites for hydroxylation is 1. The molecule has 11 nitrogen and oxygen atoms in total. The van der Waals surface area contributed by atoms with Gasteiger partial charge in [-0.1, -0.05) is 11.8 Å². The summed E-state index contributed by atoms with van der Waals surface area (Å²) in [5, 5.41) is 23.8. The van der Waals surface area contributed by atoms with E-state index in [1.807, 2.05) is 0 Å². The minimum atomic E-state index is -1.16. The Morgan fingerprint density at radius 2 is 2.10 bits per heavy atom. The fourth-order valence-corrected chi connectivity index (χ4v) is 6.12. The number of carboxylic acid groups (broad SMARTS) is 1. The first-order valence-corrected chi connectivity index (χ1v) is 12.0. The monoisotopic (exact) mass is 479 g/mol. The number of hydrogen-bond donors (Lipinski definition) is 2. The molecule has 1 fully saturated rings. The van der Waals surface area contributed by atoms with Gasteiger partial charge in [-0.05, 0) is 28.1 Å². The van der Waals surface area contributed by atoms with Crippen LogP contribution >= 0.6 is 35.3 Å². The summed E-state index contributed by atoms with van der Waals surface area (Å²) in [6.07, 6.45) is 3.28. The summed E-state index contributed by atoms with van der Waals surface area (Å²) in [5.74, 6) is -0.924. The van der Waals surface area contributed by atoms with Crippen molar-refractivity contribution in [2.45, 2.75) is 21.5 Å². The van der Waals surface area contributed by atoms with Crippen LogP contribution in [0.25, 0.3) is 0 Å². The Bertz CT molecular complexity index is 1050. The molecule has 2 aromatic heterocycles. The van der Waals surface area contributed by atoms with E-state index >= 15 is 0 Å². The van der Waals surface area contributed by atoms with Gasteiger partial charge in [-0.15, -0.1) is 28.6 Å². The lowest BCUT2D eigenvalue weighted by atomic mass is 10.0. The lowest BCUT2D eigenvalue weighted by molar-refractivity contribution is -0.150. The molecule has 31 heavy (non-hydrogen) atoms. The number of pyridine rings is 1. The molecule has 0 aliphatic carbocycles. The lowest BCUT2D eigenvalue weighted by Gasteiger charge is -2.49. The van der Waals surface area contributed by atoms with E-state index in [1.165, 1.54) is 44.9 Å². The first-order chi connectivity index (χ1) is 15.0. The average Bonchev–Trinajstić information content (AvgIpc) is 3.19. The van der Waals surface area contributed by atoms with E-state index in [1.54, 1.807) is 31.6 Å². The number of aromatic nitrogens is 5. The van der Waals surface area contributed by atoms with Crippen LogP contribution in [-0.4, -0.2) is 81.7 Å². The first-order valence-electron chi connectivity index (χ1n) is 9.03. The number of carbonyl (C=O) groups excluding carboxylic acids is 2. The van der Waals surface area contributed by atoms with Crippen LogP contribution < -0.4 is 5.32 Å². The largest absolute Gasteiger partial charge is 0.477 e. The Hall–Kier alpha value is -2.58. The molecule has 2 aromatic rings. The summed E-state index contributed by atoms with van der Waals surface area (Å²) in [4.78, 5) is 43.0. The Kier molecular flexibility index (Phi) is 6.48. The highest BCUT2D eigenvalue weighted by Gasteiger charge is 2.54. The van der Waals surface area contributed by atoms with Gasteiger partial charge in [0, 0.05) is 35.8 Å². The second-order valence-corrected chi connectivity index (χ2v) is 9.65. The third kappa shape index (κ3) is 4.55. The third-order valence-corrected chi connectivity index (χ3v) is 7.99. The molecule has 2 atom stereocenters. The smallest absolute Gasteiger partial charge is 0.352 e. The van der Waals surface area contributed by atoms with Crippen LogP contribution in [0.1, 0.15) is 0 Å². The van der Waals surface area contributed by atoms with Crippen molar-refractivity contribution in [2.24, 2.45) is 7.05 Å². The van der Waals surface area contributed by atoms with Gasteiger partial charge in [-0.3, -0.25) is 19.5 Å². The molecule has 0 radical (unpaired) electrons. The summed E-state index contributed by atoms with van der Waals surface area (Å²) in [6, 6.07) is 2.86. The van der Waals surface area contributed by atoms with E-state index in [0.29, 0.717) is 22.2 Å². The normalized spacial score (nSPS) is 20.3. The maximum Gasteiger partial charge on any atom is 0.352 e. The number of fused-ring (bicyclic) bond motifs is 1. The third-order valence-electron chi connectivity index (χ3n) is 4.54. The number of nitrogens with one attached hydrogen (secondary N) is 1. The SMILES string of the molecule is Cn1nnnc1SCC1=C(C(=O)O)N2C(=O)C(NC(=O)CSc3ccncc3)[C@@H]2SC1. The van der Waals surface area contributed by atoms with Gasteiger partial charge >= 0.3 is 5.97 Å². The fourth-order valence-electron chi connectivity index (χ4n) is 3.09. The standard InChI is InChI=1S/C17H17N7O4S3/c1-23-17(20-21-22-23)31-7-9-6-30-15-12(14(26)24(15)13(9)16(27)28)19-11(25)8-29-10-2-4-18-5-3-10/h2-5,12,15H,6-8H2,1H3,(H,19,25)(H,27,28)/t12?,15-/m0/s1. The molecule has 1 unspecified atom stereocenters. The van der Waals surface area contributed by atoms with Crippen molar-refractivity contribution in [2.75, 3.05) is 17.3 Å². The van der Waals surface area contributed by atoms with Crippen molar-refractivity contribution in [1.82, 2.24) is 35.4 Å². The number of hydrogen-bond acceptors (Lipinski definition) is 10. The molecule has 162 valence electrons. The summed E-state index contributed by atoms with van der Waals surface area (Å²) in [6.45, 7) is 0. The molecule has 0 saturated carbocycles. The molecule has 0 spiro atoms. The molecule has 2 aliphatic rings. The zero-order valence-electron chi connectivity index (χ0n) is 16.2. The van der Waals surface area contributed by atoms with Crippen LogP contribution in [-0.2, 0) is 21.4 Å². The molecular formula is C17H17N7O4S3. The summed E-state index contributed by atoms with van der Waals surface area (Å²) in [7, 11) is 1.69. The summed E-state index contributed by atoms with van der Waals surface area (Å²) >= 11 is 4.08.